The molecule has 1 rings (SSSR count). The molecule has 1 unspecified atom stereocenters. The molecule has 10 heavy (non-hydrogen) atoms. The molecule has 0 saturated heterocycles. The van der Waals surface area contributed by atoms with E-state index in [2.05, 4.69) is 31.3 Å². The summed E-state index contributed by atoms with van der Waals surface area (Å²) in [5, 5.41) is 3.46. The summed E-state index contributed by atoms with van der Waals surface area (Å²) in [6, 6.07) is 0.561. The lowest BCUT2D eigenvalue weighted by atomic mass is 10.3. The molecule has 1 nitrogen and oxygen atoms in total. The van der Waals surface area contributed by atoms with Crippen molar-refractivity contribution in [1.82, 2.24) is 5.32 Å². The van der Waals surface area contributed by atoms with Crippen molar-refractivity contribution in [2.75, 3.05) is 6.54 Å². The normalized spacial score (nSPS) is 21.8. The number of allylic oxidation sites excluding steroid dienone is 1. The molecule has 1 fully saturated rings. The van der Waals surface area contributed by atoms with Crippen LogP contribution in [0, 0.1) is 5.92 Å². The van der Waals surface area contributed by atoms with Gasteiger partial charge in [0.05, 0.1) is 0 Å². The van der Waals surface area contributed by atoms with Crippen LogP contribution in [-0.4, -0.2) is 12.6 Å². The SMILES string of the molecule is C/C=C\C(C)NCC1CC1. The maximum absolute atomic E-state index is 3.46. The molecule has 0 radical (unpaired) electrons. The van der Waals surface area contributed by atoms with Gasteiger partial charge in [-0.1, -0.05) is 12.2 Å². The van der Waals surface area contributed by atoms with E-state index in [1.807, 2.05) is 0 Å². The second-order valence-corrected chi connectivity index (χ2v) is 3.17. The Bertz CT molecular complexity index is 114. The van der Waals surface area contributed by atoms with Crippen LogP contribution in [0.25, 0.3) is 0 Å². The average Bonchev–Trinajstić information content (AvgIpc) is 2.67. The Hall–Kier alpha value is -0.300. The van der Waals surface area contributed by atoms with Crippen LogP contribution in [-0.2, 0) is 0 Å². The summed E-state index contributed by atoms with van der Waals surface area (Å²) < 4.78 is 0. The molecular formula is C9H17N. The lowest BCUT2D eigenvalue weighted by Gasteiger charge is -2.07. The van der Waals surface area contributed by atoms with E-state index in [9.17, 15) is 0 Å². The van der Waals surface area contributed by atoms with Crippen LogP contribution in [0.5, 0.6) is 0 Å². The van der Waals surface area contributed by atoms with Gasteiger partial charge in [-0.2, -0.15) is 0 Å². The molecule has 1 heteroatoms. The Morgan fingerprint density at radius 2 is 2.30 bits per heavy atom. The van der Waals surface area contributed by atoms with Crippen LogP contribution in [0.4, 0.5) is 0 Å². The number of hydrogen-bond donors (Lipinski definition) is 1. The van der Waals surface area contributed by atoms with Gasteiger partial charge in [0.2, 0.25) is 0 Å². The smallest absolute Gasteiger partial charge is 0.0221 e. The van der Waals surface area contributed by atoms with Crippen molar-refractivity contribution in [1.29, 1.82) is 0 Å². The first kappa shape index (κ1) is 7.80. The van der Waals surface area contributed by atoms with Crippen LogP contribution in [0.3, 0.4) is 0 Å². The minimum atomic E-state index is 0.561. The summed E-state index contributed by atoms with van der Waals surface area (Å²) in [6.45, 7) is 5.48. The van der Waals surface area contributed by atoms with Crippen molar-refractivity contribution >= 4 is 0 Å². The fourth-order valence-electron chi connectivity index (χ4n) is 1.03. The lowest BCUT2D eigenvalue weighted by Crippen LogP contribution is -2.25. The number of nitrogens with one attached hydrogen (secondary N) is 1. The van der Waals surface area contributed by atoms with Gasteiger partial charge in [-0.05, 0) is 39.2 Å². The zero-order valence-electron chi connectivity index (χ0n) is 6.93. The fraction of sp³-hybridized carbons (Fsp3) is 0.778. The molecule has 0 aromatic rings. The van der Waals surface area contributed by atoms with E-state index in [4.69, 9.17) is 0 Å². The molecular weight excluding hydrogens is 122 g/mol. The van der Waals surface area contributed by atoms with Gasteiger partial charge < -0.3 is 5.32 Å². The monoisotopic (exact) mass is 139 g/mol. The third-order valence-corrected chi connectivity index (χ3v) is 1.91. The van der Waals surface area contributed by atoms with E-state index >= 15 is 0 Å². The molecule has 1 saturated carbocycles. The van der Waals surface area contributed by atoms with E-state index in [0.29, 0.717) is 6.04 Å². The van der Waals surface area contributed by atoms with E-state index < -0.39 is 0 Å². The molecule has 0 aromatic heterocycles. The minimum absolute atomic E-state index is 0.561. The van der Waals surface area contributed by atoms with E-state index in [-0.39, 0.29) is 0 Å². The first-order chi connectivity index (χ1) is 4.83. The molecule has 0 spiro atoms. The zero-order chi connectivity index (χ0) is 7.40. The number of rotatable bonds is 4. The Balaban J connectivity index is 1.99. The van der Waals surface area contributed by atoms with Gasteiger partial charge in [0, 0.05) is 6.04 Å². The van der Waals surface area contributed by atoms with Crippen molar-refractivity contribution in [2.24, 2.45) is 5.92 Å². The third kappa shape index (κ3) is 3.02. The molecule has 0 heterocycles. The van der Waals surface area contributed by atoms with Gasteiger partial charge in [0.1, 0.15) is 0 Å². The van der Waals surface area contributed by atoms with Gasteiger partial charge >= 0.3 is 0 Å². The highest BCUT2D eigenvalue weighted by Gasteiger charge is 2.20. The van der Waals surface area contributed by atoms with Gasteiger partial charge in [-0.15, -0.1) is 0 Å². The maximum atomic E-state index is 3.46. The predicted octanol–water partition coefficient (Wildman–Crippen LogP) is 1.95. The van der Waals surface area contributed by atoms with Crippen molar-refractivity contribution in [3.63, 3.8) is 0 Å². The topological polar surface area (TPSA) is 12.0 Å². The highest BCUT2D eigenvalue weighted by molar-refractivity contribution is 4.89. The van der Waals surface area contributed by atoms with E-state index in [1.54, 1.807) is 0 Å². The quantitative estimate of drug-likeness (QED) is 0.587. The second kappa shape index (κ2) is 3.77. The van der Waals surface area contributed by atoms with E-state index in [0.717, 1.165) is 5.92 Å². The van der Waals surface area contributed by atoms with Gasteiger partial charge in [-0.3, -0.25) is 0 Å². The summed E-state index contributed by atoms with van der Waals surface area (Å²) in [5.74, 6) is 0.993. The number of hydrogen-bond acceptors (Lipinski definition) is 1. The summed E-state index contributed by atoms with van der Waals surface area (Å²) in [5.41, 5.74) is 0. The summed E-state index contributed by atoms with van der Waals surface area (Å²) in [7, 11) is 0. The molecule has 58 valence electrons. The minimum Gasteiger partial charge on any atom is -0.311 e. The van der Waals surface area contributed by atoms with Gasteiger partial charge in [0.15, 0.2) is 0 Å². The molecule has 1 aliphatic carbocycles. The van der Waals surface area contributed by atoms with Crippen molar-refractivity contribution < 1.29 is 0 Å². The summed E-state index contributed by atoms with van der Waals surface area (Å²) in [6.07, 6.45) is 7.18. The second-order valence-electron chi connectivity index (χ2n) is 3.17. The van der Waals surface area contributed by atoms with Crippen LogP contribution in [0.2, 0.25) is 0 Å². The molecule has 0 amide bonds. The maximum Gasteiger partial charge on any atom is 0.0221 e. The summed E-state index contributed by atoms with van der Waals surface area (Å²) in [4.78, 5) is 0. The first-order valence-corrected chi connectivity index (χ1v) is 4.19. The van der Waals surface area contributed by atoms with Crippen LogP contribution >= 0.6 is 0 Å². The molecule has 1 aliphatic rings. The average molecular weight is 139 g/mol. The van der Waals surface area contributed by atoms with E-state index in [1.165, 1.54) is 19.4 Å². The largest absolute Gasteiger partial charge is 0.311 e. The molecule has 0 bridgehead atoms. The standard InChI is InChI=1S/C9H17N/c1-3-4-8(2)10-7-9-5-6-9/h3-4,8-10H,5-7H2,1-2H3/b4-3-. The fourth-order valence-corrected chi connectivity index (χ4v) is 1.03. The van der Waals surface area contributed by atoms with Crippen LogP contribution in [0.15, 0.2) is 12.2 Å². The molecule has 1 N–H and O–H groups in total. The van der Waals surface area contributed by atoms with Crippen molar-refractivity contribution in [3.05, 3.63) is 12.2 Å². The Labute approximate surface area is 63.5 Å². The van der Waals surface area contributed by atoms with Gasteiger partial charge in [0.25, 0.3) is 0 Å². The molecule has 0 aromatic carbocycles. The Kier molecular flexibility index (Phi) is 2.94. The molecule has 0 aliphatic heterocycles. The van der Waals surface area contributed by atoms with Crippen LogP contribution < -0.4 is 5.32 Å². The Morgan fingerprint density at radius 3 is 2.80 bits per heavy atom. The highest BCUT2D eigenvalue weighted by atomic mass is 14.9. The summed E-state index contributed by atoms with van der Waals surface area (Å²) >= 11 is 0. The van der Waals surface area contributed by atoms with Crippen LogP contribution in [0.1, 0.15) is 26.7 Å². The van der Waals surface area contributed by atoms with Crippen molar-refractivity contribution in [2.45, 2.75) is 32.7 Å². The first-order valence-electron chi connectivity index (χ1n) is 4.19. The Morgan fingerprint density at radius 1 is 1.60 bits per heavy atom. The zero-order valence-corrected chi connectivity index (χ0v) is 6.93. The van der Waals surface area contributed by atoms with Crippen molar-refractivity contribution in [3.8, 4) is 0 Å². The molecule has 1 atom stereocenters. The lowest BCUT2D eigenvalue weighted by molar-refractivity contribution is 0.595. The van der Waals surface area contributed by atoms with Gasteiger partial charge in [-0.25, -0.2) is 0 Å². The third-order valence-electron chi connectivity index (χ3n) is 1.91. The predicted molar refractivity (Wildman–Crippen MR) is 45.0 cm³/mol. The highest BCUT2D eigenvalue weighted by Crippen LogP contribution is 2.27.